The minimum Gasteiger partial charge on any atom is -0.456 e. The second kappa shape index (κ2) is 42.2. The van der Waals surface area contributed by atoms with Gasteiger partial charge in [0.25, 0.3) is 0 Å². The van der Waals surface area contributed by atoms with Gasteiger partial charge >= 0.3 is 0 Å². The average Bonchev–Trinajstić information content (AvgIpc) is 1.62. The SMILES string of the molecule is CC(C)(C)c1nc(-c2ccc(-c3ccccc3)cc2)cc(-c2ccc(-c3ccccc3)cc2)n1.CC(C)(C)c1nc(-c2ccccc2)cc(-c2ccc(-c3ccccc3)cc2)n1.CC(C)(C)c1nc(-c2ccccc2)cc(-c2ccc3c(c2)oc2ccccc23)n1.CC(C)(C)c1nc(-c2ccccc2)cc(-c2ccc3oc4ccccc4c3c2)n1.CC(C)(C)c1nc(-c2ccccc2)cc(-c2cccc3c2oc2ccccc23)n1. The van der Waals surface area contributed by atoms with Gasteiger partial charge in [-0.3, -0.25) is 0 Å². The van der Waals surface area contributed by atoms with Crippen LogP contribution in [0.3, 0.4) is 0 Å². The van der Waals surface area contributed by atoms with Gasteiger partial charge < -0.3 is 13.3 Å². The van der Waals surface area contributed by atoms with Crippen molar-refractivity contribution in [3.8, 4) is 146 Å². The third kappa shape index (κ3) is 22.7. The Morgan fingerprint density at radius 2 is 0.336 bits per heavy atom. The lowest BCUT2D eigenvalue weighted by Crippen LogP contribution is -2.17. The number of rotatable bonds is 13. The Hall–Kier alpha value is -17.7. The van der Waals surface area contributed by atoms with Gasteiger partial charge in [0, 0.05) is 115 Å². The van der Waals surface area contributed by atoms with Crippen molar-refractivity contribution in [2.45, 2.75) is 131 Å². The maximum atomic E-state index is 6.25. The van der Waals surface area contributed by atoms with E-state index in [1.807, 2.05) is 152 Å². The molecule has 0 atom stereocenters. The summed E-state index contributed by atoms with van der Waals surface area (Å²) in [4.78, 5) is 49.1. The fourth-order valence-electron chi connectivity index (χ4n) is 17.9. The molecule has 16 aromatic carbocycles. The molecule has 8 aromatic heterocycles. The van der Waals surface area contributed by atoms with Crippen LogP contribution < -0.4 is 0 Å². The van der Waals surface area contributed by atoms with Gasteiger partial charge in [-0.2, -0.15) is 0 Å². The van der Waals surface area contributed by atoms with Crippen molar-refractivity contribution in [1.29, 1.82) is 0 Å². The maximum absolute atomic E-state index is 6.25. The molecule has 24 rings (SSSR count). The topological polar surface area (TPSA) is 168 Å². The molecule has 0 amide bonds. The Balaban J connectivity index is 0.000000113. The summed E-state index contributed by atoms with van der Waals surface area (Å²) in [6.07, 6.45) is 0. The van der Waals surface area contributed by atoms with Crippen LogP contribution in [0.1, 0.15) is 133 Å². The summed E-state index contributed by atoms with van der Waals surface area (Å²) in [5.41, 5.74) is 31.9. The molecule has 0 N–H and O–H groups in total. The fraction of sp³-hybridized carbons (Fsp3) is 0.147. The van der Waals surface area contributed by atoms with Gasteiger partial charge in [0.15, 0.2) is 0 Å². The van der Waals surface area contributed by atoms with Crippen molar-refractivity contribution < 1.29 is 13.3 Å². The molecule has 0 spiro atoms. The van der Waals surface area contributed by atoms with E-state index in [2.05, 4.69) is 395 Å². The van der Waals surface area contributed by atoms with Gasteiger partial charge in [-0.15, -0.1) is 0 Å². The molecule has 0 saturated heterocycles. The number of benzene rings is 16. The Morgan fingerprint density at radius 1 is 0.134 bits per heavy atom. The standard InChI is InChI=1S/C32H28N2.3C26H22N2O.C26H24N2/c1-32(2,3)31-33-29(27-18-14-25(15-19-27)23-10-6-4-7-11-23)22-30(34-31)28-20-16-26(17-21-28)24-12-8-5-9-13-24;1-26(2,3)25-27-21(17-10-5-4-6-11-17)16-22(28-25)20-14-9-13-19-18-12-7-8-15-23(18)29-24(19)20;1-26(2,3)25-27-21(17-9-5-4-6-10-17)16-22(28-25)18-13-14-24-20(15-18)19-11-7-8-12-23(19)29-24;1-26(2,3)25-27-21(17-9-5-4-6-10-17)16-22(28-25)18-13-14-20-19-11-7-8-12-23(19)29-24(20)15-18;1-26(2,3)25-27-23(21-12-8-5-9-13-21)18-24(28-25)22-16-14-20(15-17-22)19-10-6-4-7-11-19/h4-22H,1-3H3;3*4-16H,1-3H3;4-18H,1-3H3. The summed E-state index contributed by atoms with van der Waals surface area (Å²) in [6.45, 7) is 32.2. The van der Waals surface area contributed by atoms with Gasteiger partial charge in [-0.1, -0.05) is 462 Å². The van der Waals surface area contributed by atoms with Crippen LogP contribution in [0.4, 0.5) is 0 Å². The van der Waals surface area contributed by atoms with E-state index in [1.165, 1.54) is 33.4 Å². The molecule has 0 saturated carbocycles. The van der Waals surface area contributed by atoms with E-state index in [4.69, 9.17) is 63.1 Å². The lowest BCUT2D eigenvalue weighted by Gasteiger charge is -2.19. The van der Waals surface area contributed by atoms with Crippen LogP contribution in [0.15, 0.2) is 456 Å². The van der Waals surface area contributed by atoms with Crippen molar-refractivity contribution in [3.63, 3.8) is 0 Å². The van der Waals surface area contributed by atoms with E-state index in [1.54, 1.807) is 0 Å². The first kappa shape index (κ1) is 98.7. The minimum atomic E-state index is -0.165. The number of furan rings is 3. The first-order chi connectivity index (χ1) is 72.0. The molecule has 13 heteroatoms. The highest BCUT2D eigenvalue weighted by molar-refractivity contribution is 6.10. The van der Waals surface area contributed by atoms with Crippen LogP contribution in [-0.2, 0) is 27.1 Å². The molecule has 149 heavy (non-hydrogen) atoms. The monoisotopic (exact) mass is 1940 g/mol. The van der Waals surface area contributed by atoms with E-state index in [-0.39, 0.29) is 27.1 Å². The highest BCUT2D eigenvalue weighted by Gasteiger charge is 2.28. The molecule has 0 aliphatic carbocycles. The van der Waals surface area contributed by atoms with E-state index >= 15 is 0 Å². The van der Waals surface area contributed by atoms with Crippen LogP contribution in [-0.4, -0.2) is 49.8 Å². The van der Waals surface area contributed by atoms with Crippen molar-refractivity contribution in [2.75, 3.05) is 0 Å². The number of nitrogens with zero attached hydrogens (tertiary/aromatic N) is 10. The highest BCUT2D eigenvalue weighted by atomic mass is 16.3. The zero-order valence-corrected chi connectivity index (χ0v) is 86.8. The predicted octanol–water partition coefficient (Wildman–Crippen LogP) is 36.2. The molecule has 24 aromatic rings. The Morgan fingerprint density at radius 3 is 0.658 bits per heavy atom. The zero-order valence-electron chi connectivity index (χ0n) is 86.8. The van der Waals surface area contributed by atoms with Gasteiger partial charge in [-0.05, 0) is 118 Å². The Kier molecular flexibility index (Phi) is 27.9. The summed E-state index contributed by atoms with van der Waals surface area (Å²) < 4.78 is 18.3. The smallest absolute Gasteiger partial charge is 0.144 e. The fourth-order valence-corrected chi connectivity index (χ4v) is 17.9. The van der Waals surface area contributed by atoms with Crippen molar-refractivity contribution in [1.82, 2.24) is 49.8 Å². The number of para-hydroxylation sites is 4. The molecule has 8 heterocycles. The molecular formula is C136H118N10O3. The summed E-state index contributed by atoms with van der Waals surface area (Å²) in [6, 6.07) is 152. The van der Waals surface area contributed by atoms with Crippen LogP contribution in [0.5, 0.6) is 0 Å². The minimum absolute atomic E-state index is 0.122. The van der Waals surface area contributed by atoms with Gasteiger partial charge in [0.1, 0.15) is 62.6 Å². The predicted molar refractivity (Wildman–Crippen MR) is 616 cm³/mol. The van der Waals surface area contributed by atoms with Crippen molar-refractivity contribution >= 4 is 65.8 Å². The first-order valence-corrected chi connectivity index (χ1v) is 50.9. The molecule has 0 aliphatic rings. The van der Waals surface area contributed by atoms with Gasteiger partial charge in [0.2, 0.25) is 0 Å². The van der Waals surface area contributed by atoms with Gasteiger partial charge in [0.05, 0.1) is 56.9 Å². The lowest BCUT2D eigenvalue weighted by molar-refractivity contribution is 0.546. The summed E-state index contributed by atoms with van der Waals surface area (Å²) >= 11 is 0. The molecule has 0 aliphatic heterocycles. The van der Waals surface area contributed by atoms with Crippen molar-refractivity contribution in [3.05, 3.63) is 472 Å². The maximum Gasteiger partial charge on any atom is 0.144 e. The molecule has 730 valence electrons. The van der Waals surface area contributed by atoms with E-state index < -0.39 is 0 Å². The Labute approximate surface area is 871 Å². The summed E-state index contributed by atoms with van der Waals surface area (Å²) in [5.74, 6) is 4.20. The number of aromatic nitrogens is 10. The summed E-state index contributed by atoms with van der Waals surface area (Å²) in [7, 11) is 0. The molecular weight excluding hydrogens is 1820 g/mol. The lowest BCUT2D eigenvalue weighted by atomic mass is 9.94. The largest absolute Gasteiger partial charge is 0.456 e. The number of fused-ring (bicyclic) bond motifs is 9. The second-order valence-corrected chi connectivity index (χ2v) is 42.8. The normalized spacial score (nSPS) is 11.7. The highest BCUT2D eigenvalue weighted by Crippen LogP contribution is 2.43. The average molecular weight is 1940 g/mol. The molecule has 0 bridgehead atoms. The Bertz CT molecular complexity index is 8710. The quantitative estimate of drug-likeness (QED) is 0.107. The van der Waals surface area contributed by atoms with Crippen LogP contribution in [0.2, 0.25) is 0 Å². The number of hydrogen-bond donors (Lipinski definition) is 0. The summed E-state index contributed by atoms with van der Waals surface area (Å²) in [5, 5.41) is 6.72. The third-order valence-electron chi connectivity index (χ3n) is 26.2. The molecule has 0 fully saturated rings. The van der Waals surface area contributed by atoms with E-state index in [9.17, 15) is 0 Å². The third-order valence-corrected chi connectivity index (χ3v) is 26.2. The van der Waals surface area contributed by atoms with Crippen LogP contribution >= 0.6 is 0 Å². The number of hydrogen-bond acceptors (Lipinski definition) is 13. The molecule has 0 unspecified atom stereocenters. The van der Waals surface area contributed by atoms with E-state index in [0.29, 0.717) is 0 Å². The van der Waals surface area contributed by atoms with E-state index in [0.717, 1.165) is 208 Å². The zero-order chi connectivity index (χ0) is 103. The molecule has 0 radical (unpaired) electrons. The van der Waals surface area contributed by atoms with Gasteiger partial charge in [-0.25, -0.2) is 49.8 Å². The molecule has 13 nitrogen and oxygen atoms in total. The van der Waals surface area contributed by atoms with Crippen LogP contribution in [0.25, 0.3) is 212 Å². The first-order valence-electron chi connectivity index (χ1n) is 50.9. The second-order valence-electron chi connectivity index (χ2n) is 42.8. The van der Waals surface area contributed by atoms with Crippen molar-refractivity contribution in [2.24, 2.45) is 0 Å². The van der Waals surface area contributed by atoms with Crippen LogP contribution in [0, 0.1) is 0 Å².